The van der Waals surface area contributed by atoms with Crippen LogP contribution in [0.2, 0.25) is 0 Å². The lowest BCUT2D eigenvalue weighted by Gasteiger charge is -2.27. The SMILES string of the molecule is COc1ncc(-c2cc3c(N4CC(OCCN5CCCCC5)C(F)(F)C4)ncnn3c2)c(OC)n1. The predicted molar refractivity (Wildman–Crippen MR) is 124 cm³/mol. The van der Waals surface area contributed by atoms with Crippen LogP contribution in [-0.2, 0) is 4.74 Å². The Morgan fingerprint density at radius 1 is 1.11 bits per heavy atom. The molecular formula is C23H29F2N7O3. The fraction of sp³-hybridized carbons (Fsp3) is 0.565. The molecule has 10 nitrogen and oxygen atoms in total. The topological polar surface area (TPSA) is 90.1 Å². The van der Waals surface area contributed by atoms with Crippen LogP contribution in [0.5, 0.6) is 11.9 Å². The number of methoxy groups -OCH3 is 2. The molecule has 1 unspecified atom stereocenters. The van der Waals surface area contributed by atoms with Gasteiger partial charge in [-0.15, -0.1) is 0 Å². The Kier molecular flexibility index (Phi) is 6.65. The van der Waals surface area contributed by atoms with Crippen LogP contribution >= 0.6 is 0 Å². The van der Waals surface area contributed by atoms with Crippen molar-refractivity contribution in [1.29, 1.82) is 0 Å². The molecule has 12 heteroatoms. The molecule has 2 aliphatic heterocycles. The zero-order chi connectivity index (χ0) is 24.4. The summed E-state index contributed by atoms with van der Waals surface area (Å²) in [5, 5.41) is 4.25. The van der Waals surface area contributed by atoms with Crippen molar-refractivity contribution in [3.05, 3.63) is 24.8 Å². The second kappa shape index (κ2) is 9.86. The predicted octanol–water partition coefficient (Wildman–Crippen LogP) is 2.53. The van der Waals surface area contributed by atoms with Gasteiger partial charge in [-0.2, -0.15) is 10.1 Å². The van der Waals surface area contributed by atoms with Gasteiger partial charge in [0.25, 0.3) is 5.92 Å². The summed E-state index contributed by atoms with van der Waals surface area (Å²) in [5.74, 6) is -2.23. The first-order valence-corrected chi connectivity index (χ1v) is 11.7. The molecule has 0 radical (unpaired) electrons. The number of nitrogens with zero attached hydrogens (tertiary/aromatic N) is 7. The number of likely N-dealkylation sites (tertiary alicyclic amines) is 1. The maximum atomic E-state index is 14.9. The number of halogens is 2. The van der Waals surface area contributed by atoms with Gasteiger partial charge < -0.3 is 24.0 Å². The van der Waals surface area contributed by atoms with E-state index in [1.165, 1.54) is 27.0 Å². The van der Waals surface area contributed by atoms with Gasteiger partial charge in [0.1, 0.15) is 17.9 Å². The van der Waals surface area contributed by atoms with Crippen molar-refractivity contribution in [2.24, 2.45) is 0 Å². The van der Waals surface area contributed by atoms with Gasteiger partial charge in [-0.3, -0.25) is 0 Å². The molecule has 0 bridgehead atoms. The lowest BCUT2D eigenvalue weighted by Crippen LogP contribution is -2.38. The molecule has 3 aromatic rings. The summed E-state index contributed by atoms with van der Waals surface area (Å²) in [6.45, 7) is 2.57. The maximum absolute atomic E-state index is 14.9. The minimum Gasteiger partial charge on any atom is -0.480 e. The molecule has 0 aliphatic carbocycles. The Hall–Kier alpha value is -3.12. The van der Waals surface area contributed by atoms with Crippen LogP contribution in [0, 0.1) is 0 Å². The van der Waals surface area contributed by atoms with E-state index in [1.54, 1.807) is 21.8 Å². The molecule has 2 fully saturated rings. The Morgan fingerprint density at radius 3 is 2.71 bits per heavy atom. The molecule has 0 spiro atoms. The number of ether oxygens (including phenoxy) is 3. The van der Waals surface area contributed by atoms with Gasteiger partial charge in [-0.25, -0.2) is 23.3 Å². The molecule has 5 rings (SSSR count). The number of aromatic nitrogens is 5. The molecule has 1 atom stereocenters. The van der Waals surface area contributed by atoms with Gasteiger partial charge in [0, 0.05) is 24.5 Å². The van der Waals surface area contributed by atoms with Gasteiger partial charge in [0.2, 0.25) is 5.88 Å². The molecule has 0 aromatic carbocycles. The van der Waals surface area contributed by atoms with Gasteiger partial charge in [0.15, 0.2) is 5.82 Å². The Morgan fingerprint density at radius 2 is 1.94 bits per heavy atom. The van der Waals surface area contributed by atoms with E-state index in [-0.39, 0.29) is 12.6 Å². The normalized spacial score (nSPS) is 20.5. The average Bonchev–Trinajstić information content (AvgIpc) is 3.44. The fourth-order valence-electron chi connectivity index (χ4n) is 4.71. The van der Waals surface area contributed by atoms with E-state index in [9.17, 15) is 8.78 Å². The maximum Gasteiger partial charge on any atom is 0.319 e. The third-order valence-electron chi connectivity index (χ3n) is 6.54. The van der Waals surface area contributed by atoms with Crippen LogP contribution in [0.4, 0.5) is 14.6 Å². The Bertz CT molecular complexity index is 1170. The highest BCUT2D eigenvalue weighted by Gasteiger charge is 2.49. The van der Waals surface area contributed by atoms with Crippen molar-refractivity contribution in [2.75, 3.05) is 58.5 Å². The third kappa shape index (κ3) is 4.85. The van der Waals surface area contributed by atoms with E-state index < -0.39 is 18.6 Å². The minimum atomic E-state index is -2.98. The monoisotopic (exact) mass is 489 g/mol. The number of rotatable bonds is 8. The zero-order valence-electron chi connectivity index (χ0n) is 19.9. The van der Waals surface area contributed by atoms with E-state index in [0.717, 1.165) is 25.9 Å². The molecule has 0 amide bonds. The summed E-state index contributed by atoms with van der Waals surface area (Å²) < 4.78 is 47.5. The fourth-order valence-corrected chi connectivity index (χ4v) is 4.71. The minimum absolute atomic E-state index is 0.0507. The van der Waals surface area contributed by atoms with E-state index in [0.29, 0.717) is 41.5 Å². The molecular weight excluding hydrogens is 460 g/mol. The molecule has 0 N–H and O–H groups in total. The van der Waals surface area contributed by atoms with Crippen molar-refractivity contribution in [2.45, 2.75) is 31.3 Å². The molecule has 188 valence electrons. The summed E-state index contributed by atoms with van der Waals surface area (Å²) in [5.41, 5.74) is 1.92. The van der Waals surface area contributed by atoms with Crippen molar-refractivity contribution < 1.29 is 23.0 Å². The Balaban J connectivity index is 1.35. The smallest absolute Gasteiger partial charge is 0.319 e. The molecule has 0 saturated carbocycles. The van der Waals surface area contributed by atoms with Crippen LogP contribution in [0.15, 0.2) is 24.8 Å². The molecule has 35 heavy (non-hydrogen) atoms. The number of hydrogen-bond donors (Lipinski definition) is 0. The average molecular weight is 490 g/mol. The standard InChI is InChI=1S/C23H29F2N7O3/c1-33-21-17(11-26-22(29-21)34-2)16-10-18-20(27-15-28-32(18)12-16)31-13-19(23(24,25)14-31)35-9-8-30-6-4-3-5-7-30/h10-12,15,19H,3-9,13-14H2,1-2H3. The van der Waals surface area contributed by atoms with Gasteiger partial charge in [0.05, 0.1) is 39.5 Å². The number of alkyl halides is 2. The van der Waals surface area contributed by atoms with Gasteiger partial charge >= 0.3 is 6.01 Å². The van der Waals surface area contributed by atoms with E-state index in [2.05, 4.69) is 25.0 Å². The van der Waals surface area contributed by atoms with Gasteiger partial charge in [-0.05, 0) is 32.0 Å². The van der Waals surface area contributed by atoms with Crippen molar-refractivity contribution >= 4 is 11.3 Å². The highest BCUT2D eigenvalue weighted by atomic mass is 19.3. The number of piperidine rings is 1. The first-order valence-electron chi connectivity index (χ1n) is 11.7. The Labute approximate surface area is 201 Å². The largest absolute Gasteiger partial charge is 0.480 e. The quantitative estimate of drug-likeness (QED) is 0.473. The van der Waals surface area contributed by atoms with Crippen molar-refractivity contribution in [3.8, 4) is 23.0 Å². The first-order chi connectivity index (χ1) is 17.0. The van der Waals surface area contributed by atoms with E-state index in [4.69, 9.17) is 14.2 Å². The summed E-state index contributed by atoms with van der Waals surface area (Å²) in [4.78, 5) is 16.5. The van der Waals surface area contributed by atoms with Crippen LogP contribution < -0.4 is 14.4 Å². The van der Waals surface area contributed by atoms with E-state index >= 15 is 0 Å². The zero-order valence-corrected chi connectivity index (χ0v) is 19.9. The summed E-state index contributed by atoms with van der Waals surface area (Å²) in [6, 6.07) is 1.99. The second-order valence-electron chi connectivity index (χ2n) is 8.83. The number of anilines is 1. The van der Waals surface area contributed by atoms with E-state index in [1.807, 2.05) is 6.07 Å². The second-order valence-corrected chi connectivity index (χ2v) is 8.83. The molecule has 2 aliphatic rings. The molecule has 3 aromatic heterocycles. The highest BCUT2D eigenvalue weighted by molar-refractivity contribution is 5.79. The lowest BCUT2D eigenvalue weighted by molar-refractivity contribution is -0.107. The van der Waals surface area contributed by atoms with Crippen LogP contribution in [0.1, 0.15) is 19.3 Å². The number of hydrogen-bond acceptors (Lipinski definition) is 9. The molecule has 2 saturated heterocycles. The lowest BCUT2D eigenvalue weighted by atomic mass is 10.1. The van der Waals surface area contributed by atoms with Crippen molar-refractivity contribution in [1.82, 2.24) is 29.5 Å². The summed E-state index contributed by atoms with van der Waals surface area (Å²) in [6.07, 6.45) is 7.07. The molecule has 5 heterocycles. The van der Waals surface area contributed by atoms with Gasteiger partial charge in [-0.1, -0.05) is 6.42 Å². The number of fused-ring (bicyclic) bond motifs is 1. The summed E-state index contributed by atoms with van der Waals surface area (Å²) in [7, 11) is 2.98. The van der Waals surface area contributed by atoms with Crippen molar-refractivity contribution in [3.63, 3.8) is 0 Å². The first kappa shape index (κ1) is 23.6. The third-order valence-corrected chi connectivity index (χ3v) is 6.54. The van der Waals surface area contributed by atoms with Crippen LogP contribution in [-0.4, -0.2) is 95.0 Å². The summed E-state index contributed by atoms with van der Waals surface area (Å²) >= 11 is 0. The van der Waals surface area contributed by atoms with Crippen LogP contribution in [0.25, 0.3) is 16.6 Å². The van der Waals surface area contributed by atoms with Crippen LogP contribution in [0.3, 0.4) is 0 Å². The highest BCUT2D eigenvalue weighted by Crippen LogP contribution is 2.36.